The maximum absolute atomic E-state index is 12.7. The Kier molecular flexibility index (Phi) is 6.32. The van der Waals surface area contributed by atoms with E-state index in [1.807, 2.05) is 19.1 Å². The molecule has 2 aromatic rings. The van der Waals surface area contributed by atoms with Gasteiger partial charge in [0.15, 0.2) is 0 Å². The fourth-order valence-electron chi connectivity index (χ4n) is 3.90. The highest BCUT2D eigenvalue weighted by atomic mass is 16.5. The molecule has 0 saturated carbocycles. The van der Waals surface area contributed by atoms with Gasteiger partial charge in [-0.1, -0.05) is 24.3 Å². The Morgan fingerprint density at radius 3 is 2.19 bits per heavy atom. The van der Waals surface area contributed by atoms with Crippen molar-refractivity contribution >= 4 is 23.4 Å². The predicted octanol–water partition coefficient (Wildman–Crippen LogP) is 2.66. The lowest BCUT2D eigenvalue weighted by atomic mass is 10.1. The van der Waals surface area contributed by atoms with E-state index in [4.69, 9.17) is 4.74 Å². The predicted molar refractivity (Wildman–Crippen MR) is 117 cm³/mol. The first-order valence-electron chi connectivity index (χ1n) is 10.7. The number of imide groups is 1. The van der Waals surface area contributed by atoms with Crippen molar-refractivity contribution in [2.75, 3.05) is 31.2 Å². The smallest absolute Gasteiger partial charge is 0.251 e. The van der Waals surface area contributed by atoms with Crippen molar-refractivity contribution in [2.24, 2.45) is 0 Å². The second-order valence-electron chi connectivity index (χ2n) is 7.96. The largest absolute Gasteiger partial charge is 0.378 e. The van der Waals surface area contributed by atoms with Crippen LogP contribution in [0.15, 0.2) is 48.5 Å². The zero-order valence-corrected chi connectivity index (χ0v) is 17.7. The van der Waals surface area contributed by atoms with Crippen molar-refractivity contribution in [1.29, 1.82) is 0 Å². The molecule has 0 aliphatic carbocycles. The van der Waals surface area contributed by atoms with Gasteiger partial charge >= 0.3 is 0 Å². The lowest BCUT2D eigenvalue weighted by Crippen LogP contribution is -2.36. The first kappa shape index (κ1) is 21.1. The lowest BCUT2D eigenvalue weighted by molar-refractivity contribution is -0.139. The zero-order valence-electron chi connectivity index (χ0n) is 17.7. The molecule has 0 aromatic heterocycles. The van der Waals surface area contributed by atoms with Gasteiger partial charge in [0.2, 0.25) is 11.8 Å². The minimum Gasteiger partial charge on any atom is -0.378 e. The number of hydrogen-bond acceptors (Lipinski definition) is 5. The summed E-state index contributed by atoms with van der Waals surface area (Å²) in [6.07, 6.45) is 0.565. The summed E-state index contributed by atoms with van der Waals surface area (Å²) in [6, 6.07) is 15.1. The molecule has 7 heteroatoms. The van der Waals surface area contributed by atoms with Crippen molar-refractivity contribution in [3.63, 3.8) is 0 Å². The molecule has 2 aliphatic rings. The van der Waals surface area contributed by atoms with Gasteiger partial charge in [-0.2, -0.15) is 0 Å². The third-order valence-electron chi connectivity index (χ3n) is 5.83. The van der Waals surface area contributed by atoms with Crippen LogP contribution in [0.5, 0.6) is 0 Å². The molecule has 0 bridgehead atoms. The quantitative estimate of drug-likeness (QED) is 0.726. The van der Waals surface area contributed by atoms with Crippen molar-refractivity contribution in [3.8, 4) is 0 Å². The van der Waals surface area contributed by atoms with Gasteiger partial charge in [-0.15, -0.1) is 0 Å². The molecule has 162 valence electrons. The molecule has 2 saturated heterocycles. The van der Waals surface area contributed by atoms with Crippen LogP contribution in [0.1, 0.15) is 47.3 Å². The van der Waals surface area contributed by atoms with Gasteiger partial charge in [0, 0.05) is 37.2 Å². The number of likely N-dealkylation sites (tertiary alicyclic amines) is 1. The number of carbonyl (C=O) groups is 3. The Balaban J connectivity index is 1.34. The first-order valence-corrected chi connectivity index (χ1v) is 10.7. The number of hydrogen-bond donors (Lipinski definition) is 1. The van der Waals surface area contributed by atoms with E-state index < -0.39 is 0 Å². The van der Waals surface area contributed by atoms with Crippen LogP contribution in [0.25, 0.3) is 0 Å². The second kappa shape index (κ2) is 9.31. The molecule has 0 radical (unpaired) electrons. The van der Waals surface area contributed by atoms with Gasteiger partial charge in [-0.3, -0.25) is 19.3 Å². The van der Waals surface area contributed by atoms with Gasteiger partial charge in [-0.05, 0) is 42.3 Å². The van der Waals surface area contributed by atoms with Crippen LogP contribution in [0.2, 0.25) is 0 Å². The first-order chi connectivity index (χ1) is 15.0. The maximum atomic E-state index is 12.7. The van der Waals surface area contributed by atoms with Crippen LogP contribution in [0.3, 0.4) is 0 Å². The second-order valence-corrected chi connectivity index (χ2v) is 7.96. The fraction of sp³-hybridized carbons (Fsp3) is 0.375. The van der Waals surface area contributed by atoms with Crippen LogP contribution in [0.4, 0.5) is 5.69 Å². The molecule has 31 heavy (non-hydrogen) atoms. The van der Waals surface area contributed by atoms with E-state index in [1.54, 1.807) is 24.3 Å². The molecule has 2 aliphatic heterocycles. The molecule has 7 nitrogen and oxygen atoms in total. The number of ether oxygens (including phenoxy) is 1. The number of morpholine rings is 1. The SMILES string of the molecule is CC(NC(=O)c1ccc(CN2C(=O)CCC2=O)cc1)c1ccc(N2CCOCC2)cc1. The summed E-state index contributed by atoms with van der Waals surface area (Å²) in [4.78, 5) is 39.7. The minimum absolute atomic E-state index is 0.134. The summed E-state index contributed by atoms with van der Waals surface area (Å²) in [6.45, 7) is 5.49. The van der Waals surface area contributed by atoms with E-state index in [1.165, 1.54) is 4.90 Å². The highest BCUT2D eigenvalue weighted by molar-refractivity contribution is 6.01. The summed E-state index contributed by atoms with van der Waals surface area (Å²) in [5, 5.41) is 3.03. The Morgan fingerprint density at radius 2 is 1.58 bits per heavy atom. The molecule has 4 rings (SSSR count). The molecule has 0 spiro atoms. The van der Waals surface area contributed by atoms with E-state index in [9.17, 15) is 14.4 Å². The molecule has 2 aromatic carbocycles. The van der Waals surface area contributed by atoms with Crippen LogP contribution >= 0.6 is 0 Å². The Bertz CT molecular complexity index is 934. The van der Waals surface area contributed by atoms with Crippen LogP contribution in [0, 0.1) is 0 Å². The van der Waals surface area contributed by atoms with Crippen LogP contribution in [-0.2, 0) is 20.9 Å². The molecule has 2 heterocycles. The summed E-state index contributed by atoms with van der Waals surface area (Å²) >= 11 is 0. The molecule has 2 fully saturated rings. The van der Waals surface area contributed by atoms with Gasteiger partial charge in [0.05, 0.1) is 25.8 Å². The van der Waals surface area contributed by atoms with Crippen molar-refractivity contribution in [3.05, 3.63) is 65.2 Å². The molecular formula is C24H27N3O4. The number of nitrogens with one attached hydrogen (secondary N) is 1. The highest BCUT2D eigenvalue weighted by Crippen LogP contribution is 2.21. The van der Waals surface area contributed by atoms with Gasteiger partial charge in [-0.25, -0.2) is 0 Å². The third kappa shape index (κ3) is 4.94. The highest BCUT2D eigenvalue weighted by Gasteiger charge is 2.28. The van der Waals surface area contributed by atoms with Crippen molar-refractivity contribution in [1.82, 2.24) is 10.2 Å². The number of rotatable bonds is 6. The van der Waals surface area contributed by atoms with Gasteiger partial charge in [0.25, 0.3) is 5.91 Å². The van der Waals surface area contributed by atoms with E-state index in [0.717, 1.165) is 43.1 Å². The lowest BCUT2D eigenvalue weighted by Gasteiger charge is -2.29. The number of nitrogens with zero attached hydrogens (tertiary/aromatic N) is 2. The van der Waals surface area contributed by atoms with E-state index in [0.29, 0.717) is 5.56 Å². The minimum atomic E-state index is -0.162. The summed E-state index contributed by atoms with van der Waals surface area (Å²) in [7, 11) is 0. The Labute approximate surface area is 182 Å². The molecule has 1 N–H and O–H groups in total. The van der Waals surface area contributed by atoms with Crippen molar-refractivity contribution in [2.45, 2.75) is 32.4 Å². The average Bonchev–Trinajstić information content (AvgIpc) is 3.12. The van der Waals surface area contributed by atoms with Gasteiger partial charge < -0.3 is 15.0 Å². The molecule has 3 amide bonds. The fourth-order valence-corrected chi connectivity index (χ4v) is 3.90. The van der Waals surface area contributed by atoms with Crippen LogP contribution < -0.4 is 10.2 Å². The van der Waals surface area contributed by atoms with E-state index >= 15 is 0 Å². The number of carbonyl (C=O) groups excluding carboxylic acids is 3. The average molecular weight is 421 g/mol. The standard InChI is InChI=1S/C24H27N3O4/c1-17(19-6-8-21(9-7-19)26-12-14-31-15-13-26)25-24(30)20-4-2-18(3-5-20)16-27-22(28)10-11-23(27)29/h2-9,17H,10-16H2,1H3,(H,25,30). The number of anilines is 1. The van der Waals surface area contributed by atoms with Crippen LogP contribution in [-0.4, -0.2) is 48.9 Å². The zero-order chi connectivity index (χ0) is 21.8. The third-order valence-corrected chi connectivity index (χ3v) is 5.83. The summed E-state index contributed by atoms with van der Waals surface area (Å²) < 4.78 is 5.40. The molecule has 1 atom stereocenters. The van der Waals surface area contributed by atoms with E-state index in [-0.39, 0.29) is 43.1 Å². The number of amides is 3. The van der Waals surface area contributed by atoms with Crippen molar-refractivity contribution < 1.29 is 19.1 Å². The van der Waals surface area contributed by atoms with E-state index in [2.05, 4.69) is 22.3 Å². The Morgan fingerprint density at radius 1 is 0.968 bits per heavy atom. The monoisotopic (exact) mass is 421 g/mol. The van der Waals surface area contributed by atoms with Gasteiger partial charge in [0.1, 0.15) is 0 Å². The topological polar surface area (TPSA) is 79.0 Å². The molecular weight excluding hydrogens is 394 g/mol. The normalized spacial score (nSPS) is 17.7. The molecule has 1 unspecified atom stereocenters. The number of benzene rings is 2. The Hall–Kier alpha value is -3.19. The maximum Gasteiger partial charge on any atom is 0.251 e. The summed E-state index contributed by atoms with van der Waals surface area (Å²) in [5.41, 5.74) is 3.57. The summed E-state index contributed by atoms with van der Waals surface area (Å²) in [5.74, 6) is -0.440.